The van der Waals surface area contributed by atoms with E-state index in [0.29, 0.717) is 12.1 Å². The summed E-state index contributed by atoms with van der Waals surface area (Å²) in [5, 5.41) is 8.33. The predicted molar refractivity (Wildman–Crippen MR) is 38.7 cm³/mol. The summed E-state index contributed by atoms with van der Waals surface area (Å²) in [5.74, 6) is -3.50. The van der Waals surface area contributed by atoms with E-state index in [1.54, 1.807) is 0 Å². The highest BCUT2D eigenvalue weighted by molar-refractivity contribution is 6.32. The van der Waals surface area contributed by atoms with E-state index in [1.807, 2.05) is 0 Å². The molecule has 0 saturated carbocycles. The van der Waals surface area contributed by atoms with Crippen molar-refractivity contribution in [2.75, 3.05) is 0 Å². The van der Waals surface area contributed by atoms with Crippen molar-refractivity contribution < 1.29 is 18.7 Å². The lowest BCUT2D eigenvalue weighted by molar-refractivity contribution is 0.0691. The highest BCUT2D eigenvalue weighted by Crippen LogP contribution is 2.06. The fourth-order valence-electron chi connectivity index (χ4n) is 0.726. The zero-order valence-corrected chi connectivity index (χ0v) is 5.84. The van der Waals surface area contributed by atoms with Crippen LogP contribution in [0, 0.1) is 11.6 Å². The molecule has 12 heavy (non-hydrogen) atoms. The van der Waals surface area contributed by atoms with Crippen LogP contribution in [0.5, 0.6) is 0 Å². The van der Waals surface area contributed by atoms with Gasteiger partial charge in [-0.3, -0.25) is 0 Å². The first kappa shape index (κ1) is 8.71. The van der Waals surface area contributed by atoms with E-state index in [1.165, 1.54) is 0 Å². The standard InChI is InChI=1S/C7H3BF2O2/c8-4-2-5(9)3(7(11)12)1-6(4)10/h1-2H,(H,11,12). The van der Waals surface area contributed by atoms with Crippen LogP contribution in [0.15, 0.2) is 12.1 Å². The second-order valence-corrected chi connectivity index (χ2v) is 2.16. The summed E-state index contributed by atoms with van der Waals surface area (Å²) in [6.45, 7) is 0. The highest BCUT2D eigenvalue weighted by Gasteiger charge is 2.12. The van der Waals surface area contributed by atoms with Crippen molar-refractivity contribution in [1.29, 1.82) is 0 Å². The first-order valence-electron chi connectivity index (χ1n) is 3.00. The molecule has 5 heteroatoms. The molecule has 1 N–H and O–H groups in total. The van der Waals surface area contributed by atoms with Crippen molar-refractivity contribution in [1.82, 2.24) is 0 Å². The molecule has 1 rings (SSSR count). The van der Waals surface area contributed by atoms with E-state index in [-0.39, 0.29) is 0 Å². The first-order valence-corrected chi connectivity index (χ1v) is 3.00. The molecule has 0 aliphatic carbocycles. The minimum Gasteiger partial charge on any atom is -0.478 e. The predicted octanol–water partition coefficient (Wildman–Crippen LogP) is 0.457. The van der Waals surface area contributed by atoms with Crippen molar-refractivity contribution in [3.63, 3.8) is 0 Å². The van der Waals surface area contributed by atoms with E-state index in [9.17, 15) is 13.6 Å². The van der Waals surface area contributed by atoms with Gasteiger partial charge in [0, 0.05) is 0 Å². The van der Waals surface area contributed by atoms with Crippen molar-refractivity contribution in [3.8, 4) is 0 Å². The third kappa shape index (κ3) is 1.44. The molecule has 0 fully saturated rings. The SMILES string of the molecule is [B]c1cc(F)c(C(=O)O)cc1F. The monoisotopic (exact) mass is 168 g/mol. The number of hydrogen-bond donors (Lipinski definition) is 1. The number of aromatic carboxylic acids is 1. The molecule has 2 radical (unpaired) electrons. The molecule has 0 saturated heterocycles. The number of hydrogen-bond acceptors (Lipinski definition) is 1. The van der Waals surface area contributed by atoms with Crippen LogP contribution in [0.25, 0.3) is 0 Å². The molecular formula is C7H3BF2O2. The molecule has 0 aliphatic rings. The van der Waals surface area contributed by atoms with Gasteiger partial charge in [-0.25, -0.2) is 13.6 Å². The average molecular weight is 168 g/mol. The summed E-state index contributed by atoms with van der Waals surface area (Å²) in [5.41, 5.74) is -1.13. The first-order chi connectivity index (χ1) is 5.52. The topological polar surface area (TPSA) is 37.3 Å². The maximum absolute atomic E-state index is 12.7. The smallest absolute Gasteiger partial charge is 0.338 e. The van der Waals surface area contributed by atoms with Gasteiger partial charge in [-0.2, -0.15) is 0 Å². The Labute approximate surface area is 68.2 Å². The molecule has 0 spiro atoms. The van der Waals surface area contributed by atoms with E-state index in [2.05, 4.69) is 0 Å². The van der Waals surface area contributed by atoms with Crippen LogP contribution >= 0.6 is 0 Å². The van der Waals surface area contributed by atoms with Crippen LogP contribution in [0.3, 0.4) is 0 Å². The summed E-state index contributed by atoms with van der Waals surface area (Å²) in [4.78, 5) is 10.2. The minimum atomic E-state index is -1.52. The number of rotatable bonds is 1. The number of carboxylic acid groups (broad SMARTS) is 1. The fraction of sp³-hybridized carbons (Fsp3) is 0. The van der Waals surface area contributed by atoms with Gasteiger partial charge < -0.3 is 5.11 Å². The Morgan fingerprint density at radius 2 is 1.92 bits per heavy atom. The molecule has 0 atom stereocenters. The lowest BCUT2D eigenvalue weighted by atomic mass is 9.94. The van der Waals surface area contributed by atoms with Crippen LogP contribution in [0.4, 0.5) is 8.78 Å². The Hall–Kier alpha value is -1.39. The fourth-order valence-corrected chi connectivity index (χ4v) is 0.726. The van der Waals surface area contributed by atoms with Crippen LogP contribution in [-0.2, 0) is 0 Å². The average Bonchev–Trinajstić information content (AvgIpc) is 1.96. The second-order valence-electron chi connectivity index (χ2n) is 2.16. The largest absolute Gasteiger partial charge is 0.478 e. The van der Waals surface area contributed by atoms with Crippen molar-refractivity contribution in [2.24, 2.45) is 0 Å². The summed E-state index contributed by atoms with van der Waals surface area (Å²) < 4.78 is 25.2. The third-order valence-electron chi connectivity index (χ3n) is 1.32. The van der Waals surface area contributed by atoms with Crippen LogP contribution in [0.2, 0.25) is 0 Å². The molecule has 2 nitrogen and oxygen atoms in total. The van der Waals surface area contributed by atoms with Gasteiger partial charge in [0.2, 0.25) is 0 Å². The van der Waals surface area contributed by atoms with E-state index >= 15 is 0 Å². The Bertz CT molecular complexity index is 338. The van der Waals surface area contributed by atoms with Gasteiger partial charge in [0.15, 0.2) is 0 Å². The molecule has 1 aromatic rings. The number of carboxylic acids is 1. The van der Waals surface area contributed by atoms with Gasteiger partial charge in [0.1, 0.15) is 19.5 Å². The van der Waals surface area contributed by atoms with Gasteiger partial charge >= 0.3 is 5.97 Å². The Kier molecular flexibility index (Phi) is 2.12. The van der Waals surface area contributed by atoms with Crippen molar-refractivity contribution in [2.45, 2.75) is 0 Å². The van der Waals surface area contributed by atoms with E-state index in [0.717, 1.165) is 0 Å². The maximum Gasteiger partial charge on any atom is 0.338 e. The number of benzene rings is 1. The quantitative estimate of drug-likeness (QED) is 0.618. The second kappa shape index (κ2) is 2.93. The molecule has 0 heterocycles. The third-order valence-corrected chi connectivity index (χ3v) is 1.32. The summed E-state index contributed by atoms with van der Waals surface area (Å²) >= 11 is 0. The van der Waals surface area contributed by atoms with E-state index < -0.39 is 28.6 Å². The van der Waals surface area contributed by atoms with Gasteiger partial charge in [-0.15, -0.1) is 0 Å². The number of carbonyl (C=O) groups is 1. The van der Waals surface area contributed by atoms with Gasteiger partial charge in [0.25, 0.3) is 0 Å². The zero-order chi connectivity index (χ0) is 9.30. The summed E-state index contributed by atoms with van der Waals surface area (Å²) in [6, 6.07) is 1.19. The van der Waals surface area contributed by atoms with Gasteiger partial charge in [-0.05, 0) is 12.1 Å². The molecule has 0 aliphatic heterocycles. The summed E-state index contributed by atoms with van der Waals surface area (Å²) in [7, 11) is 4.98. The Morgan fingerprint density at radius 3 is 2.42 bits per heavy atom. The molecule has 0 amide bonds. The minimum absolute atomic E-state index is 0.405. The Morgan fingerprint density at radius 1 is 1.33 bits per heavy atom. The molecule has 0 aromatic heterocycles. The normalized spacial score (nSPS) is 9.83. The lowest BCUT2D eigenvalue weighted by Crippen LogP contribution is -2.13. The molecule has 0 bridgehead atoms. The van der Waals surface area contributed by atoms with E-state index in [4.69, 9.17) is 13.0 Å². The lowest BCUT2D eigenvalue weighted by Gasteiger charge is -2.00. The zero-order valence-electron chi connectivity index (χ0n) is 5.84. The van der Waals surface area contributed by atoms with Crippen LogP contribution < -0.4 is 5.46 Å². The molecule has 1 aromatic carbocycles. The van der Waals surface area contributed by atoms with Crippen LogP contribution in [-0.4, -0.2) is 18.9 Å². The maximum atomic E-state index is 12.7. The van der Waals surface area contributed by atoms with Crippen LogP contribution in [0.1, 0.15) is 10.4 Å². The van der Waals surface area contributed by atoms with Gasteiger partial charge in [0.05, 0.1) is 5.56 Å². The number of halogens is 2. The van der Waals surface area contributed by atoms with Gasteiger partial charge in [-0.1, -0.05) is 5.46 Å². The molecule has 60 valence electrons. The molecule has 0 unspecified atom stereocenters. The highest BCUT2D eigenvalue weighted by atomic mass is 19.1. The summed E-state index contributed by atoms with van der Waals surface area (Å²) in [6.07, 6.45) is 0. The Balaban J connectivity index is 3.33. The molecular weight excluding hydrogens is 165 g/mol. The van der Waals surface area contributed by atoms with Crippen molar-refractivity contribution in [3.05, 3.63) is 29.3 Å². The van der Waals surface area contributed by atoms with Crippen molar-refractivity contribution >= 4 is 19.3 Å².